The van der Waals surface area contributed by atoms with E-state index in [2.05, 4.69) is 4.90 Å². The summed E-state index contributed by atoms with van der Waals surface area (Å²) in [7, 11) is 0. The number of nitrogens with zero attached hydrogens (tertiary/aromatic N) is 2. The van der Waals surface area contributed by atoms with Crippen LogP contribution in [0.3, 0.4) is 0 Å². The monoisotopic (exact) mass is 392 g/mol. The van der Waals surface area contributed by atoms with Crippen LogP contribution in [-0.4, -0.2) is 30.2 Å². The van der Waals surface area contributed by atoms with Gasteiger partial charge in [-0.25, -0.2) is 4.90 Å². The Labute approximate surface area is 170 Å². The van der Waals surface area contributed by atoms with Gasteiger partial charge in [0.2, 0.25) is 0 Å². The van der Waals surface area contributed by atoms with Gasteiger partial charge in [-0.2, -0.15) is 0 Å². The summed E-state index contributed by atoms with van der Waals surface area (Å²) in [5.41, 5.74) is 3.08. The number of amides is 2. The molecular formula is C23H24N2O2S. The first-order valence-corrected chi connectivity index (χ1v) is 10.6. The predicted molar refractivity (Wildman–Crippen MR) is 116 cm³/mol. The van der Waals surface area contributed by atoms with Crippen molar-refractivity contribution < 1.29 is 9.59 Å². The molecule has 2 amide bonds. The minimum absolute atomic E-state index is 0.211. The maximum Gasteiger partial charge on any atom is 0.272 e. The third-order valence-electron chi connectivity index (χ3n) is 5.04. The molecule has 1 saturated heterocycles. The highest BCUT2D eigenvalue weighted by Crippen LogP contribution is 2.40. The third-order valence-corrected chi connectivity index (χ3v) is 6.12. The average molecular weight is 393 g/mol. The van der Waals surface area contributed by atoms with Gasteiger partial charge in [0, 0.05) is 24.0 Å². The fourth-order valence-corrected chi connectivity index (χ4v) is 4.72. The number of imide groups is 1. The second-order valence-corrected chi connectivity index (χ2v) is 8.98. The predicted octanol–water partition coefficient (Wildman–Crippen LogP) is 4.71. The van der Waals surface area contributed by atoms with Gasteiger partial charge in [0.15, 0.2) is 0 Å². The minimum atomic E-state index is -0.242. The van der Waals surface area contributed by atoms with Crippen molar-refractivity contribution in [2.24, 2.45) is 0 Å². The van der Waals surface area contributed by atoms with E-state index in [4.69, 9.17) is 0 Å². The first-order valence-electron chi connectivity index (χ1n) is 9.76. The van der Waals surface area contributed by atoms with Gasteiger partial charge in [-0.15, -0.1) is 11.8 Å². The molecule has 2 aliphatic rings. The molecule has 0 spiro atoms. The van der Waals surface area contributed by atoms with Crippen molar-refractivity contribution in [2.75, 3.05) is 22.9 Å². The van der Waals surface area contributed by atoms with E-state index >= 15 is 0 Å². The van der Waals surface area contributed by atoms with Crippen molar-refractivity contribution >= 4 is 40.5 Å². The van der Waals surface area contributed by atoms with E-state index in [1.165, 1.54) is 29.5 Å². The number of benzene rings is 2. The molecule has 2 aromatic rings. The van der Waals surface area contributed by atoms with Crippen molar-refractivity contribution in [3.05, 3.63) is 65.1 Å². The second kappa shape index (κ2) is 7.84. The molecule has 5 heteroatoms. The van der Waals surface area contributed by atoms with Crippen LogP contribution >= 0.6 is 11.8 Å². The van der Waals surface area contributed by atoms with Gasteiger partial charge in [-0.3, -0.25) is 9.59 Å². The van der Waals surface area contributed by atoms with Crippen LogP contribution in [0.15, 0.2) is 59.5 Å². The van der Waals surface area contributed by atoms with E-state index in [1.54, 1.807) is 0 Å². The number of anilines is 2. The SMILES string of the molecule is CC(C)SC1=C(c2ccccc2)C(=O)N(c2ccc(N3CCCC3)cc2)C1=O. The highest BCUT2D eigenvalue weighted by molar-refractivity contribution is 8.04. The lowest BCUT2D eigenvalue weighted by Gasteiger charge is -2.20. The van der Waals surface area contributed by atoms with Gasteiger partial charge < -0.3 is 4.90 Å². The van der Waals surface area contributed by atoms with Gasteiger partial charge in [-0.05, 0) is 42.7 Å². The van der Waals surface area contributed by atoms with Crippen molar-refractivity contribution in [1.29, 1.82) is 0 Å². The Bertz CT molecular complexity index is 913. The molecular weight excluding hydrogens is 368 g/mol. The molecule has 0 aromatic heterocycles. The molecule has 4 rings (SSSR count). The van der Waals surface area contributed by atoms with E-state index < -0.39 is 0 Å². The summed E-state index contributed by atoms with van der Waals surface area (Å²) in [6.45, 7) is 6.20. The molecule has 0 aliphatic carbocycles. The van der Waals surface area contributed by atoms with E-state index in [0.29, 0.717) is 16.2 Å². The Morgan fingerprint density at radius 3 is 2.04 bits per heavy atom. The van der Waals surface area contributed by atoms with Crippen molar-refractivity contribution in [2.45, 2.75) is 31.9 Å². The van der Waals surface area contributed by atoms with Gasteiger partial charge in [-0.1, -0.05) is 44.2 Å². The maximum absolute atomic E-state index is 13.3. The first kappa shape index (κ1) is 18.8. The zero-order valence-corrected chi connectivity index (χ0v) is 17.0. The standard InChI is InChI=1S/C23H24N2O2S/c1-16(2)28-21-20(17-8-4-3-5-9-17)22(26)25(23(21)27)19-12-10-18(11-13-19)24-14-6-7-15-24/h3-5,8-13,16H,6-7,14-15H2,1-2H3. The van der Waals surface area contributed by atoms with E-state index in [0.717, 1.165) is 24.3 Å². The summed E-state index contributed by atoms with van der Waals surface area (Å²) in [4.78, 5) is 30.7. The van der Waals surface area contributed by atoms with Crippen LogP contribution in [0.5, 0.6) is 0 Å². The van der Waals surface area contributed by atoms with Crippen molar-refractivity contribution in [3.8, 4) is 0 Å². The molecule has 0 saturated carbocycles. The number of hydrogen-bond donors (Lipinski definition) is 0. The third kappa shape index (κ3) is 3.47. The lowest BCUT2D eigenvalue weighted by Crippen LogP contribution is -2.31. The molecule has 2 heterocycles. The summed E-state index contributed by atoms with van der Waals surface area (Å²) >= 11 is 1.46. The van der Waals surface area contributed by atoms with Gasteiger partial charge >= 0.3 is 0 Å². The Hall–Kier alpha value is -2.53. The highest BCUT2D eigenvalue weighted by atomic mass is 32.2. The lowest BCUT2D eigenvalue weighted by molar-refractivity contribution is -0.119. The van der Waals surface area contributed by atoms with Crippen LogP contribution in [0.1, 0.15) is 32.3 Å². The average Bonchev–Trinajstić information content (AvgIpc) is 3.30. The number of carbonyl (C=O) groups excluding carboxylic acids is 2. The second-order valence-electron chi connectivity index (χ2n) is 7.39. The summed E-state index contributed by atoms with van der Waals surface area (Å²) in [6, 6.07) is 17.3. The van der Waals surface area contributed by atoms with E-state index in [1.807, 2.05) is 68.4 Å². The van der Waals surface area contributed by atoms with Crippen LogP contribution in [0.25, 0.3) is 5.57 Å². The molecule has 0 bridgehead atoms. The van der Waals surface area contributed by atoms with E-state index in [-0.39, 0.29) is 17.1 Å². The Morgan fingerprint density at radius 1 is 0.821 bits per heavy atom. The topological polar surface area (TPSA) is 40.6 Å². The molecule has 0 N–H and O–H groups in total. The molecule has 0 atom stereocenters. The Balaban J connectivity index is 1.68. The smallest absolute Gasteiger partial charge is 0.272 e. The zero-order valence-electron chi connectivity index (χ0n) is 16.2. The summed E-state index contributed by atoms with van der Waals surface area (Å²) < 4.78 is 0. The Morgan fingerprint density at radius 2 is 1.43 bits per heavy atom. The van der Waals surface area contributed by atoms with Crippen LogP contribution < -0.4 is 9.80 Å². The van der Waals surface area contributed by atoms with Gasteiger partial charge in [0.25, 0.3) is 11.8 Å². The normalized spacial score (nSPS) is 17.4. The summed E-state index contributed by atoms with van der Waals surface area (Å²) in [5.74, 6) is -0.468. The fourth-order valence-electron chi connectivity index (χ4n) is 3.74. The number of thioether (sulfide) groups is 1. The molecule has 2 aliphatic heterocycles. The quantitative estimate of drug-likeness (QED) is 0.691. The van der Waals surface area contributed by atoms with Crippen LogP contribution in [0, 0.1) is 0 Å². The first-order chi connectivity index (χ1) is 13.6. The van der Waals surface area contributed by atoms with Crippen molar-refractivity contribution in [3.63, 3.8) is 0 Å². The lowest BCUT2D eigenvalue weighted by atomic mass is 10.1. The van der Waals surface area contributed by atoms with Crippen LogP contribution in [-0.2, 0) is 9.59 Å². The molecule has 4 nitrogen and oxygen atoms in total. The van der Waals surface area contributed by atoms with E-state index in [9.17, 15) is 9.59 Å². The van der Waals surface area contributed by atoms with Gasteiger partial charge in [0.05, 0.1) is 16.2 Å². The fraction of sp³-hybridized carbons (Fsp3) is 0.304. The molecule has 28 heavy (non-hydrogen) atoms. The maximum atomic E-state index is 13.3. The summed E-state index contributed by atoms with van der Waals surface area (Å²) in [5, 5.41) is 0.211. The number of rotatable bonds is 5. The molecule has 0 radical (unpaired) electrons. The molecule has 144 valence electrons. The largest absolute Gasteiger partial charge is 0.372 e. The van der Waals surface area contributed by atoms with Crippen LogP contribution in [0.2, 0.25) is 0 Å². The number of carbonyl (C=O) groups is 2. The molecule has 1 fully saturated rings. The van der Waals surface area contributed by atoms with Gasteiger partial charge in [0.1, 0.15) is 0 Å². The highest BCUT2D eigenvalue weighted by Gasteiger charge is 2.40. The minimum Gasteiger partial charge on any atom is -0.372 e. The molecule has 2 aromatic carbocycles. The Kier molecular flexibility index (Phi) is 5.27. The van der Waals surface area contributed by atoms with Crippen LogP contribution in [0.4, 0.5) is 11.4 Å². The zero-order chi connectivity index (χ0) is 19.7. The number of hydrogen-bond acceptors (Lipinski definition) is 4. The summed E-state index contributed by atoms with van der Waals surface area (Å²) in [6.07, 6.45) is 2.43. The molecule has 0 unspecified atom stereocenters. The van der Waals surface area contributed by atoms with Crippen molar-refractivity contribution in [1.82, 2.24) is 0 Å².